The SMILES string of the molecule is C=Cc1ccc2c(C(C)CCCCCC)c3n(c2c1)CCNC/C=C\C=C/C3. The molecule has 0 aliphatic carbocycles. The second kappa shape index (κ2) is 10.5. The normalized spacial score (nSPS) is 18.2. The summed E-state index contributed by atoms with van der Waals surface area (Å²) in [6, 6.07) is 6.87. The lowest BCUT2D eigenvalue weighted by atomic mass is 9.91. The van der Waals surface area contributed by atoms with Crippen LogP contribution in [0.2, 0.25) is 0 Å². The predicted molar refractivity (Wildman–Crippen MR) is 124 cm³/mol. The highest BCUT2D eigenvalue weighted by molar-refractivity contribution is 5.88. The number of fused-ring (bicyclic) bond motifs is 3. The minimum absolute atomic E-state index is 0.590. The number of allylic oxidation sites excluding steroid dienone is 3. The molecule has 2 heteroatoms. The van der Waals surface area contributed by atoms with Crippen molar-refractivity contribution in [3.8, 4) is 0 Å². The van der Waals surface area contributed by atoms with Crippen LogP contribution < -0.4 is 5.32 Å². The van der Waals surface area contributed by atoms with Crippen LogP contribution in [0.3, 0.4) is 0 Å². The Morgan fingerprint density at radius 3 is 2.86 bits per heavy atom. The second-order valence-corrected chi connectivity index (χ2v) is 8.01. The third-order valence-corrected chi connectivity index (χ3v) is 5.93. The molecule has 0 radical (unpaired) electrons. The number of nitrogens with one attached hydrogen (secondary N) is 1. The van der Waals surface area contributed by atoms with Gasteiger partial charge in [-0.25, -0.2) is 0 Å². The Hall–Kier alpha value is -2.06. The summed E-state index contributed by atoms with van der Waals surface area (Å²) in [7, 11) is 0. The van der Waals surface area contributed by atoms with E-state index in [1.54, 1.807) is 5.56 Å². The number of rotatable bonds is 7. The molecule has 1 aromatic heterocycles. The highest BCUT2D eigenvalue weighted by atomic mass is 15.0. The number of benzene rings is 1. The molecule has 1 aliphatic heterocycles. The van der Waals surface area contributed by atoms with E-state index in [1.807, 2.05) is 6.08 Å². The van der Waals surface area contributed by atoms with E-state index < -0.39 is 0 Å². The molecule has 0 saturated heterocycles. The van der Waals surface area contributed by atoms with Gasteiger partial charge in [0.05, 0.1) is 0 Å². The van der Waals surface area contributed by atoms with E-state index in [-0.39, 0.29) is 0 Å². The Bertz CT molecular complexity index is 838. The molecule has 150 valence electrons. The van der Waals surface area contributed by atoms with Gasteiger partial charge >= 0.3 is 0 Å². The van der Waals surface area contributed by atoms with Crippen LogP contribution >= 0.6 is 0 Å². The summed E-state index contributed by atoms with van der Waals surface area (Å²) in [6.07, 6.45) is 18.4. The number of unbranched alkanes of at least 4 members (excludes halogenated alkanes) is 3. The molecule has 1 unspecified atom stereocenters. The van der Waals surface area contributed by atoms with Crippen LogP contribution in [0, 0.1) is 0 Å². The van der Waals surface area contributed by atoms with Crippen molar-refractivity contribution in [1.29, 1.82) is 0 Å². The predicted octanol–water partition coefficient (Wildman–Crippen LogP) is 6.62. The maximum absolute atomic E-state index is 3.98. The first-order valence-electron chi connectivity index (χ1n) is 11.1. The Morgan fingerprint density at radius 1 is 1.18 bits per heavy atom. The highest BCUT2D eigenvalue weighted by Crippen LogP contribution is 2.36. The van der Waals surface area contributed by atoms with Gasteiger partial charge in [0.25, 0.3) is 0 Å². The first kappa shape index (κ1) is 20.7. The van der Waals surface area contributed by atoms with Gasteiger partial charge in [-0.2, -0.15) is 0 Å². The maximum atomic E-state index is 3.98. The standard InChI is InChI=1S/C26H36N2/c1-4-6-7-10-13-21(3)26-23-16-15-22(5-2)20-25(23)28-19-18-27-17-12-9-8-11-14-24(26)28/h5,8-9,11-12,15-16,20-21,27H,2,4,6-7,10,13-14,17-19H2,1,3H3/b11-8-,12-9-. The Balaban J connectivity index is 2.04. The van der Waals surface area contributed by atoms with Gasteiger partial charge in [-0.1, -0.05) is 88.6 Å². The van der Waals surface area contributed by atoms with E-state index >= 15 is 0 Å². The third-order valence-electron chi connectivity index (χ3n) is 5.93. The van der Waals surface area contributed by atoms with E-state index in [9.17, 15) is 0 Å². The monoisotopic (exact) mass is 376 g/mol. The molecular formula is C26H36N2. The van der Waals surface area contributed by atoms with Crippen molar-refractivity contribution in [2.24, 2.45) is 0 Å². The molecule has 0 spiro atoms. The average Bonchev–Trinajstić information content (AvgIpc) is 2.99. The average molecular weight is 377 g/mol. The van der Waals surface area contributed by atoms with Crippen LogP contribution in [0.25, 0.3) is 17.0 Å². The van der Waals surface area contributed by atoms with Gasteiger partial charge in [-0.15, -0.1) is 0 Å². The molecule has 1 atom stereocenters. The Kier molecular flexibility index (Phi) is 7.73. The first-order valence-corrected chi connectivity index (χ1v) is 11.1. The van der Waals surface area contributed by atoms with Crippen molar-refractivity contribution >= 4 is 17.0 Å². The zero-order valence-corrected chi connectivity index (χ0v) is 17.7. The summed E-state index contributed by atoms with van der Waals surface area (Å²) in [4.78, 5) is 0. The van der Waals surface area contributed by atoms with Crippen molar-refractivity contribution in [1.82, 2.24) is 9.88 Å². The Labute approximate surface area is 171 Å². The number of hydrogen-bond acceptors (Lipinski definition) is 1. The molecule has 2 aromatic rings. The Morgan fingerprint density at radius 2 is 2.04 bits per heavy atom. The number of hydrogen-bond donors (Lipinski definition) is 1. The molecule has 0 amide bonds. The number of aromatic nitrogens is 1. The van der Waals surface area contributed by atoms with Crippen molar-refractivity contribution < 1.29 is 0 Å². The van der Waals surface area contributed by atoms with E-state index in [1.165, 1.54) is 54.3 Å². The molecule has 0 saturated carbocycles. The van der Waals surface area contributed by atoms with Gasteiger partial charge in [-0.3, -0.25) is 0 Å². The second-order valence-electron chi connectivity index (χ2n) is 8.01. The largest absolute Gasteiger partial charge is 0.343 e. The molecule has 0 bridgehead atoms. The summed E-state index contributed by atoms with van der Waals surface area (Å²) in [5.41, 5.74) is 5.63. The molecule has 2 heterocycles. The minimum Gasteiger partial charge on any atom is -0.343 e. The van der Waals surface area contributed by atoms with Crippen LogP contribution in [-0.2, 0) is 13.0 Å². The van der Waals surface area contributed by atoms with Gasteiger partial charge in [0.1, 0.15) is 0 Å². The zero-order valence-electron chi connectivity index (χ0n) is 17.7. The summed E-state index contributed by atoms with van der Waals surface area (Å²) in [6.45, 7) is 11.6. The van der Waals surface area contributed by atoms with Crippen molar-refractivity contribution in [2.75, 3.05) is 13.1 Å². The minimum atomic E-state index is 0.590. The van der Waals surface area contributed by atoms with Crippen LogP contribution in [0.15, 0.2) is 49.1 Å². The van der Waals surface area contributed by atoms with Crippen LogP contribution in [0.5, 0.6) is 0 Å². The molecule has 28 heavy (non-hydrogen) atoms. The molecule has 1 N–H and O–H groups in total. The van der Waals surface area contributed by atoms with Crippen LogP contribution in [0.1, 0.15) is 68.7 Å². The molecule has 2 nitrogen and oxygen atoms in total. The fourth-order valence-electron chi connectivity index (χ4n) is 4.40. The zero-order chi connectivity index (χ0) is 19.8. The van der Waals surface area contributed by atoms with Crippen LogP contribution in [-0.4, -0.2) is 17.7 Å². The molecule has 0 fully saturated rings. The lowest BCUT2D eigenvalue weighted by Crippen LogP contribution is -2.20. The quantitative estimate of drug-likeness (QED) is 0.538. The molecule has 1 aromatic carbocycles. The van der Waals surface area contributed by atoms with E-state index in [0.29, 0.717) is 5.92 Å². The highest BCUT2D eigenvalue weighted by Gasteiger charge is 2.20. The fraction of sp³-hybridized carbons (Fsp3) is 0.462. The van der Waals surface area contributed by atoms with Crippen molar-refractivity contribution in [3.05, 3.63) is 65.9 Å². The lowest BCUT2D eigenvalue weighted by Gasteiger charge is -2.16. The van der Waals surface area contributed by atoms with Gasteiger partial charge < -0.3 is 9.88 Å². The smallest absolute Gasteiger partial charge is 0.0492 e. The first-order chi connectivity index (χ1) is 13.8. The summed E-state index contributed by atoms with van der Waals surface area (Å²) >= 11 is 0. The molecule has 3 rings (SSSR count). The lowest BCUT2D eigenvalue weighted by molar-refractivity contribution is 0.573. The molecular weight excluding hydrogens is 340 g/mol. The summed E-state index contributed by atoms with van der Waals surface area (Å²) in [5.74, 6) is 0.590. The third kappa shape index (κ3) is 4.86. The summed E-state index contributed by atoms with van der Waals surface area (Å²) in [5, 5.41) is 4.98. The maximum Gasteiger partial charge on any atom is 0.0492 e. The summed E-state index contributed by atoms with van der Waals surface area (Å²) < 4.78 is 2.56. The van der Waals surface area contributed by atoms with Gasteiger partial charge in [0.2, 0.25) is 0 Å². The van der Waals surface area contributed by atoms with Gasteiger partial charge in [-0.05, 0) is 29.5 Å². The van der Waals surface area contributed by atoms with Crippen molar-refractivity contribution in [3.63, 3.8) is 0 Å². The van der Waals surface area contributed by atoms with E-state index in [2.05, 4.69) is 72.8 Å². The van der Waals surface area contributed by atoms with E-state index in [0.717, 1.165) is 26.1 Å². The van der Waals surface area contributed by atoms with Gasteiger partial charge in [0.15, 0.2) is 0 Å². The molecule has 1 aliphatic rings. The number of nitrogens with zero attached hydrogens (tertiary/aromatic N) is 1. The topological polar surface area (TPSA) is 17.0 Å². The van der Waals surface area contributed by atoms with Crippen LogP contribution in [0.4, 0.5) is 0 Å². The van der Waals surface area contributed by atoms with Crippen molar-refractivity contribution in [2.45, 2.75) is 64.8 Å². The fourth-order valence-corrected chi connectivity index (χ4v) is 4.40. The van der Waals surface area contributed by atoms with Gasteiger partial charge in [0, 0.05) is 42.7 Å². The van der Waals surface area contributed by atoms with E-state index in [4.69, 9.17) is 0 Å².